The van der Waals surface area contributed by atoms with Crippen molar-refractivity contribution < 1.29 is 32.6 Å². The fraction of sp³-hybridized carbons (Fsp3) is 0.778. The smallest absolute Gasteiger partial charge is 0.422 e. The largest absolute Gasteiger partial charge is 0.481 e. The third kappa shape index (κ3) is 4.49. The van der Waals surface area contributed by atoms with Crippen LogP contribution in [-0.2, 0) is 9.53 Å². The number of rotatable bonds is 4. The molecule has 0 heterocycles. The summed E-state index contributed by atoms with van der Waals surface area (Å²) in [5.74, 6) is -1.11. The van der Waals surface area contributed by atoms with Gasteiger partial charge in [0.05, 0.1) is 12.0 Å². The van der Waals surface area contributed by atoms with Crippen molar-refractivity contribution in [1.82, 2.24) is 5.32 Å². The Kier molecular flexibility index (Phi) is 3.84. The molecule has 0 aromatic carbocycles. The van der Waals surface area contributed by atoms with Gasteiger partial charge in [-0.15, -0.1) is 0 Å². The number of carboxylic acid groups (broad SMARTS) is 1. The summed E-state index contributed by atoms with van der Waals surface area (Å²) in [6.45, 7) is -1.68. The summed E-state index contributed by atoms with van der Waals surface area (Å²) in [6, 6.07) is 0. The van der Waals surface area contributed by atoms with Gasteiger partial charge in [0, 0.05) is 0 Å². The van der Waals surface area contributed by atoms with Crippen LogP contribution < -0.4 is 5.32 Å². The number of nitrogens with one attached hydrogen (secondary N) is 1. The van der Waals surface area contributed by atoms with E-state index >= 15 is 0 Å². The molecule has 1 amide bonds. The molecule has 0 aromatic heterocycles. The molecule has 1 saturated carbocycles. The first-order valence-electron chi connectivity index (χ1n) is 4.96. The Balaban J connectivity index is 2.41. The number of carbonyl (C=O) groups excluding carboxylic acids is 1. The lowest BCUT2D eigenvalue weighted by atomic mass is 9.74. The van der Waals surface area contributed by atoms with Crippen molar-refractivity contribution in [2.24, 2.45) is 0 Å². The standard InChI is InChI=1S/C9H12F3NO4/c10-9(11,12)5-17-7(16)13-8(2-1-3-8)4-6(14)15/h1-5H2,(H,13,16)(H,14,15). The van der Waals surface area contributed by atoms with Gasteiger partial charge in [-0.2, -0.15) is 13.2 Å². The van der Waals surface area contributed by atoms with Gasteiger partial charge in [0.2, 0.25) is 0 Å². The average Bonchev–Trinajstić information content (AvgIpc) is 2.09. The van der Waals surface area contributed by atoms with Crippen LogP contribution in [0, 0.1) is 0 Å². The number of aliphatic carboxylic acids is 1. The topological polar surface area (TPSA) is 75.6 Å². The van der Waals surface area contributed by atoms with Gasteiger partial charge in [-0.25, -0.2) is 4.79 Å². The second-order valence-corrected chi connectivity index (χ2v) is 4.02. The van der Waals surface area contributed by atoms with Crippen molar-refractivity contribution >= 4 is 12.1 Å². The van der Waals surface area contributed by atoms with E-state index < -0.39 is 30.4 Å². The molecule has 0 radical (unpaired) electrons. The minimum Gasteiger partial charge on any atom is -0.481 e. The van der Waals surface area contributed by atoms with Gasteiger partial charge in [0.15, 0.2) is 6.61 Å². The maximum absolute atomic E-state index is 11.8. The Morgan fingerprint density at radius 1 is 1.35 bits per heavy atom. The lowest BCUT2D eigenvalue weighted by Crippen LogP contribution is -2.55. The molecule has 2 N–H and O–H groups in total. The first-order valence-corrected chi connectivity index (χ1v) is 4.96. The number of halogens is 3. The quantitative estimate of drug-likeness (QED) is 0.801. The van der Waals surface area contributed by atoms with Gasteiger partial charge in [-0.1, -0.05) is 0 Å². The Morgan fingerprint density at radius 3 is 2.29 bits per heavy atom. The van der Waals surface area contributed by atoms with E-state index in [0.29, 0.717) is 12.8 Å². The van der Waals surface area contributed by atoms with Crippen LogP contribution in [0.2, 0.25) is 0 Å². The van der Waals surface area contributed by atoms with E-state index in [2.05, 4.69) is 10.1 Å². The average molecular weight is 255 g/mol. The molecule has 0 spiro atoms. The van der Waals surface area contributed by atoms with Gasteiger partial charge < -0.3 is 15.2 Å². The number of hydrogen-bond donors (Lipinski definition) is 2. The highest BCUT2D eigenvalue weighted by atomic mass is 19.4. The fourth-order valence-electron chi connectivity index (χ4n) is 1.64. The van der Waals surface area contributed by atoms with Crippen LogP contribution in [0.25, 0.3) is 0 Å². The SMILES string of the molecule is O=C(O)CC1(NC(=O)OCC(F)(F)F)CCC1. The minimum absolute atomic E-state index is 0.311. The number of amides is 1. The molecule has 5 nitrogen and oxygen atoms in total. The normalized spacial score (nSPS) is 18.1. The number of alkyl halides is 3. The summed E-state index contributed by atoms with van der Waals surface area (Å²) in [5, 5.41) is 10.8. The molecule has 1 aliphatic carbocycles. The second-order valence-electron chi connectivity index (χ2n) is 4.02. The first-order chi connectivity index (χ1) is 7.72. The summed E-state index contributed by atoms with van der Waals surface area (Å²) < 4.78 is 39.2. The Morgan fingerprint density at radius 2 is 1.94 bits per heavy atom. The highest BCUT2D eigenvalue weighted by molar-refractivity contribution is 5.73. The molecule has 98 valence electrons. The van der Waals surface area contributed by atoms with Crippen molar-refractivity contribution in [3.8, 4) is 0 Å². The molecule has 8 heteroatoms. The number of carbonyl (C=O) groups is 2. The Hall–Kier alpha value is -1.47. The van der Waals surface area contributed by atoms with Crippen LogP contribution in [0.15, 0.2) is 0 Å². The summed E-state index contributed by atoms with van der Waals surface area (Å²) in [4.78, 5) is 21.6. The second kappa shape index (κ2) is 4.80. The van der Waals surface area contributed by atoms with Crippen LogP contribution in [0.1, 0.15) is 25.7 Å². The van der Waals surface area contributed by atoms with Gasteiger partial charge in [0.1, 0.15) is 0 Å². The highest BCUT2D eigenvalue weighted by Crippen LogP contribution is 2.35. The molecular formula is C9H12F3NO4. The highest BCUT2D eigenvalue weighted by Gasteiger charge is 2.41. The van der Waals surface area contributed by atoms with E-state index in [-0.39, 0.29) is 6.42 Å². The molecule has 1 rings (SSSR count). The van der Waals surface area contributed by atoms with E-state index in [1.807, 2.05) is 0 Å². The van der Waals surface area contributed by atoms with Crippen molar-refractivity contribution in [2.75, 3.05) is 6.61 Å². The van der Waals surface area contributed by atoms with Crippen LogP contribution in [0.4, 0.5) is 18.0 Å². The molecule has 0 aliphatic heterocycles. The van der Waals surface area contributed by atoms with Crippen molar-refractivity contribution in [2.45, 2.75) is 37.4 Å². The first kappa shape index (κ1) is 13.6. The molecule has 0 unspecified atom stereocenters. The fourth-order valence-corrected chi connectivity index (χ4v) is 1.64. The predicted molar refractivity (Wildman–Crippen MR) is 49.4 cm³/mol. The molecule has 0 saturated heterocycles. The Labute approximate surface area is 94.9 Å². The van der Waals surface area contributed by atoms with E-state index in [1.54, 1.807) is 0 Å². The third-order valence-corrected chi connectivity index (χ3v) is 2.53. The van der Waals surface area contributed by atoms with Crippen LogP contribution in [0.5, 0.6) is 0 Å². The molecule has 1 fully saturated rings. The lowest BCUT2D eigenvalue weighted by molar-refractivity contribution is -0.161. The molecule has 1 aliphatic rings. The zero-order chi connectivity index (χ0) is 13.1. The van der Waals surface area contributed by atoms with E-state index in [1.165, 1.54) is 0 Å². The number of alkyl carbamates (subject to hydrolysis) is 1. The molecule has 17 heavy (non-hydrogen) atoms. The van der Waals surface area contributed by atoms with Gasteiger partial charge in [-0.3, -0.25) is 4.79 Å². The molecule has 0 bridgehead atoms. The summed E-state index contributed by atoms with van der Waals surface area (Å²) in [7, 11) is 0. The number of hydrogen-bond acceptors (Lipinski definition) is 3. The van der Waals surface area contributed by atoms with Gasteiger partial charge >= 0.3 is 18.2 Å². The van der Waals surface area contributed by atoms with Crippen molar-refractivity contribution in [3.05, 3.63) is 0 Å². The van der Waals surface area contributed by atoms with Crippen LogP contribution >= 0.6 is 0 Å². The molecular weight excluding hydrogens is 243 g/mol. The summed E-state index contributed by atoms with van der Waals surface area (Å²) >= 11 is 0. The Bertz CT molecular complexity index is 312. The van der Waals surface area contributed by atoms with Gasteiger partial charge in [-0.05, 0) is 19.3 Å². The van der Waals surface area contributed by atoms with E-state index in [9.17, 15) is 22.8 Å². The zero-order valence-electron chi connectivity index (χ0n) is 8.84. The maximum Gasteiger partial charge on any atom is 0.422 e. The summed E-state index contributed by atoms with van der Waals surface area (Å²) in [5.41, 5.74) is -0.950. The predicted octanol–water partition coefficient (Wildman–Crippen LogP) is 1.67. The van der Waals surface area contributed by atoms with Crippen LogP contribution in [0.3, 0.4) is 0 Å². The number of ether oxygens (including phenoxy) is 1. The van der Waals surface area contributed by atoms with Crippen molar-refractivity contribution in [1.29, 1.82) is 0 Å². The number of carboxylic acids is 1. The molecule has 0 atom stereocenters. The summed E-state index contributed by atoms with van der Waals surface area (Å²) in [6.07, 6.45) is -4.54. The minimum atomic E-state index is -4.59. The monoisotopic (exact) mass is 255 g/mol. The molecule has 0 aromatic rings. The van der Waals surface area contributed by atoms with Crippen molar-refractivity contribution in [3.63, 3.8) is 0 Å². The zero-order valence-corrected chi connectivity index (χ0v) is 8.84. The van der Waals surface area contributed by atoms with E-state index in [4.69, 9.17) is 5.11 Å². The lowest BCUT2D eigenvalue weighted by Gasteiger charge is -2.40. The van der Waals surface area contributed by atoms with Gasteiger partial charge in [0.25, 0.3) is 0 Å². The van der Waals surface area contributed by atoms with E-state index in [0.717, 1.165) is 6.42 Å². The van der Waals surface area contributed by atoms with Crippen LogP contribution in [-0.4, -0.2) is 35.5 Å². The third-order valence-electron chi connectivity index (χ3n) is 2.53. The maximum atomic E-state index is 11.8.